The number of esters is 2. The minimum atomic E-state index is -1.01. The Labute approximate surface area is 216 Å². The average molecular weight is 516 g/mol. The van der Waals surface area contributed by atoms with Crippen molar-refractivity contribution in [3.8, 4) is 6.07 Å². The van der Waals surface area contributed by atoms with Gasteiger partial charge in [-0.25, -0.2) is 14.6 Å². The molecule has 3 N–H and O–H groups in total. The number of rotatable bonds is 6. The monoisotopic (exact) mass is 515 g/mol. The third-order valence-electron chi connectivity index (χ3n) is 5.65. The molecule has 0 fully saturated rings. The summed E-state index contributed by atoms with van der Waals surface area (Å²) in [5, 5.41) is 14.9. The fourth-order valence-corrected chi connectivity index (χ4v) is 4.60. The van der Waals surface area contributed by atoms with Crippen LogP contribution in [-0.2, 0) is 19.1 Å². The molecule has 0 saturated carbocycles. The van der Waals surface area contributed by atoms with Gasteiger partial charge in [-0.15, -0.1) is 11.3 Å². The summed E-state index contributed by atoms with van der Waals surface area (Å²) in [7, 11) is 2.32. The predicted molar refractivity (Wildman–Crippen MR) is 136 cm³/mol. The van der Waals surface area contributed by atoms with Gasteiger partial charge in [-0.05, 0) is 17.7 Å². The first-order valence-electron chi connectivity index (χ1n) is 10.9. The number of anilines is 2. The van der Waals surface area contributed by atoms with E-state index in [1.807, 2.05) is 0 Å². The molecule has 1 atom stereocenters. The van der Waals surface area contributed by atoms with Gasteiger partial charge in [0.25, 0.3) is 5.91 Å². The lowest BCUT2D eigenvalue weighted by Gasteiger charge is -2.36. The molecule has 1 aliphatic rings. The number of nitrogens with one attached hydrogen (secondary N) is 1. The van der Waals surface area contributed by atoms with Gasteiger partial charge < -0.3 is 15.2 Å². The van der Waals surface area contributed by atoms with E-state index in [9.17, 15) is 19.6 Å². The quantitative estimate of drug-likeness (QED) is 0.472. The average Bonchev–Trinajstić information content (AvgIpc) is 3.45. The van der Waals surface area contributed by atoms with Crippen molar-refractivity contribution in [2.75, 3.05) is 24.4 Å². The molecule has 0 radical (unpaired) electrons. The number of thiazole rings is 1. The predicted octanol–water partition coefficient (Wildman–Crippen LogP) is 3.29. The van der Waals surface area contributed by atoms with Gasteiger partial charge in [0, 0.05) is 11.6 Å². The Hall–Kier alpha value is -4.95. The van der Waals surface area contributed by atoms with Gasteiger partial charge in [-0.2, -0.15) is 5.26 Å². The highest BCUT2D eigenvalue weighted by atomic mass is 32.1. The van der Waals surface area contributed by atoms with Crippen LogP contribution in [0.4, 0.5) is 10.8 Å². The molecule has 1 unspecified atom stereocenters. The molecule has 2 aromatic carbocycles. The number of carbonyl (C=O) groups is 3. The number of hydrogen-bond acceptors (Lipinski definition) is 10. The number of ether oxygens (including phenoxy) is 2. The molecule has 1 aromatic heterocycles. The molecular weight excluding hydrogens is 494 g/mol. The lowest BCUT2D eigenvalue weighted by atomic mass is 9.80. The fourth-order valence-electron chi connectivity index (χ4n) is 4.07. The molecule has 11 heteroatoms. The van der Waals surface area contributed by atoms with Crippen molar-refractivity contribution < 1.29 is 23.9 Å². The second kappa shape index (κ2) is 10.8. The van der Waals surface area contributed by atoms with Crippen molar-refractivity contribution >= 4 is 40.0 Å². The first-order chi connectivity index (χ1) is 17.9. The zero-order valence-corrected chi connectivity index (χ0v) is 20.6. The van der Waals surface area contributed by atoms with Crippen LogP contribution in [0.5, 0.6) is 0 Å². The first-order valence-corrected chi connectivity index (χ1v) is 11.8. The number of nitriles is 1. The molecule has 0 bridgehead atoms. The number of allylic oxidation sites excluding steroid dienone is 1. The van der Waals surface area contributed by atoms with Gasteiger partial charge in [0.2, 0.25) is 0 Å². The second-order valence-electron chi connectivity index (χ2n) is 7.64. The minimum absolute atomic E-state index is 0.00520. The van der Waals surface area contributed by atoms with Crippen molar-refractivity contribution in [1.82, 2.24) is 4.98 Å². The van der Waals surface area contributed by atoms with Crippen LogP contribution in [-0.4, -0.2) is 37.0 Å². The number of amides is 1. The summed E-state index contributed by atoms with van der Waals surface area (Å²) < 4.78 is 10.1. The van der Waals surface area contributed by atoms with Crippen LogP contribution in [0.1, 0.15) is 21.8 Å². The van der Waals surface area contributed by atoms with Crippen LogP contribution in [0, 0.1) is 11.3 Å². The molecule has 0 saturated heterocycles. The fraction of sp³-hybridized carbons (Fsp3) is 0.115. The first kappa shape index (κ1) is 25.2. The topological polar surface area (TPSA) is 148 Å². The summed E-state index contributed by atoms with van der Waals surface area (Å²) in [6.07, 6.45) is 1.54. The van der Waals surface area contributed by atoms with E-state index in [1.165, 1.54) is 29.4 Å². The lowest BCUT2D eigenvalue weighted by Crippen LogP contribution is -2.41. The zero-order valence-electron chi connectivity index (χ0n) is 19.8. The summed E-state index contributed by atoms with van der Waals surface area (Å²) in [5.74, 6) is -3.45. The molecule has 0 aliphatic carbocycles. The van der Waals surface area contributed by atoms with Gasteiger partial charge in [-0.3, -0.25) is 15.0 Å². The summed E-state index contributed by atoms with van der Waals surface area (Å²) in [6, 6.07) is 17.1. The number of nitrogens with zero attached hydrogens (tertiary/aromatic N) is 3. The Morgan fingerprint density at radius 3 is 2.35 bits per heavy atom. The Balaban J connectivity index is 2.00. The Kier molecular flexibility index (Phi) is 7.31. The highest BCUT2D eigenvalue weighted by molar-refractivity contribution is 7.13. The van der Waals surface area contributed by atoms with E-state index in [0.29, 0.717) is 10.7 Å². The molecule has 1 amide bonds. The molecule has 3 aromatic rings. The van der Waals surface area contributed by atoms with Gasteiger partial charge in [-0.1, -0.05) is 42.5 Å². The molecule has 10 nitrogen and oxygen atoms in total. The standard InChI is InChI=1S/C26H21N5O5S/c1-35-24(33)20-19(15-8-4-3-5-9-15)17(14-27)22(28)31(21(20)25(34)36-2)18-11-7-6-10-16(18)23(32)30-26-29-12-13-37-26/h3-13,19H,28H2,1-2H3,(H,29,30,32). The second-order valence-corrected chi connectivity index (χ2v) is 8.54. The number of benzene rings is 2. The van der Waals surface area contributed by atoms with E-state index in [-0.39, 0.29) is 33.9 Å². The molecule has 1 aliphatic heterocycles. The van der Waals surface area contributed by atoms with E-state index < -0.39 is 23.8 Å². The van der Waals surface area contributed by atoms with Crippen LogP contribution < -0.4 is 16.0 Å². The van der Waals surface area contributed by atoms with Crippen LogP contribution >= 0.6 is 11.3 Å². The maximum atomic E-state index is 13.2. The van der Waals surface area contributed by atoms with Crippen molar-refractivity contribution in [1.29, 1.82) is 5.26 Å². The van der Waals surface area contributed by atoms with Crippen molar-refractivity contribution in [3.63, 3.8) is 0 Å². The van der Waals surface area contributed by atoms with Crippen LogP contribution in [0.15, 0.2) is 88.8 Å². The highest BCUT2D eigenvalue weighted by Crippen LogP contribution is 2.43. The lowest BCUT2D eigenvalue weighted by molar-refractivity contribution is -0.139. The van der Waals surface area contributed by atoms with Crippen LogP contribution in [0.25, 0.3) is 0 Å². The number of carbonyl (C=O) groups excluding carboxylic acids is 3. The summed E-state index contributed by atoms with van der Waals surface area (Å²) >= 11 is 1.23. The third-order valence-corrected chi connectivity index (χ3v) is 6.34. The van der Waals surface area contributed by atoms with Crippen LogP contribution in [0.3, 0.4) is 0 Å². The number of aromatic nitrogens is 1. The maximum Gasteiger partial charge on any atom is 0.355 e. The van der Waals surface area contributed by atoms with E-state index in [2.05, 4.69) is 16.4 Å². The SMILES string of the molecule is COC(=O)C1=C(C(=O)OC)N(c2ccccc2C(=O)Nc2nccs2)C(N)=C(C#N)C1c1ccccc1. The van der Waals surface area contributed by atoms with E-state index in [4.69, 9.17) is 15.2 Å². The number of para-hydroxylation sites is 1. The van der Waals surface area contributed by atoms with Gasteiger partial charge in [0.1, 0.15) is 11.5 Å². The zero-order chi connectivity index (χ0) is 26.5. The van der Waals surface area contributed by atoms with Crippen molar-refractivity contribution in [2.45, 2.75) is 5.92 Å². The van der Waals surface area contributed by atoms with E-state index in [0.717, 1.165) is 7.11 Å². The molecule has 4 rings (SSSR count). The summed E-state index contributed by atoms with van der Waals surface area (Å²) in [4.78, 5) is 44.9. The minimum Gasteiger partial charge on any atom is -0.466 e. The van der Waals surface area contributed by atoms with Gasteiger partial charge in [0.15, 0.2) is 5.13 Å². The van der Waals surface area contributed by atoms with E-state index in [1.54, 1.807) is 60.1 Å². The van der Waals surface area contributed by atoms with Crippen LogP contribution in [0.2, 0.25) is 0 Å². The van der Waals surface area contributed by atoms with Gasteiger partial charge >= 0.3 is 11.9 Å². The largest absolute Gasteiger partial charge is 0.466 e. The molecule has 37 heavy (non-hydrogen) atoms. The van der Waals surface area contributed by atoms with E-state index >= 15 is 0 Å². The van der Waals surface area contributed by atoms with Crippen molar-refractivity contribution in [2.24, 2.45) is 5.73 Å². The Bertz CT molecular complexity index is 1460. The number of nitrogens with two attached hydrogens (primary N) is 1. The Morgan fingerprint density at radius 1 is 1.05 bits per heavy atom. The molecule has 186 valence electrons. The highest BCUT2D eigenvalue weighted by Gasteiger charge is 2.43. The molecule has 0 spiro atoms. The third kappa shape index (κ3) is 4.65. The normalized spacial score (nSPS) is 15.2. The molecular formula is C26H21N5O5S. The molecule has 2 heterocycles. The van der Waals surface area contributed by atoms with Gasteiger partial charge in [0.05, 0.1) is 48.6 Å². The summed E-state index contributed by atoms with van der Waals surface area (Å²) in [6.45, 7) is 0. The Morgan fingerprint density at radius 2 is 1.73 bits per heavy atom. The number of methoxy groups -OCH3 is 2. The smallest absolute Gasteiger partial charge is 0.355 e. The summed E-state index contributed by atoms with van der Waals surface area (Å²) in [5.41, 5.74) is 6.91. The maximum absolute atomic E-state index is 13.2. The van der Waals surface area contributed by atoms with Crippen molar-refractivity contribution in [3.05, 3.63) is 100.0 Å². The number of hydrogen-bond donors (Lipinski definition) is 2.